The lowest BCUT2D eigenvalue weighted by Gasteiger charge is -2.20. The number of nitrogens with one attached hydrogen (secondary N) is 1. The van der Waals surface area contributed by atoms with Crippen molar-refractivity contribution in [2.75, 3.05) is 22.7 Å². The highest BCUT2D eigenvalue weighted by atomic mass is 32.2. The molecular formula is C19H18N4O4S. The Morgan fingerprint density at radius 3 is 2.18 bits per heavy atom. The minimum Gasteiger partial charge on any atom is -0.478 e. The second-order valence-electron chi connectivity index (χ2n) is 6.51. The van der Waals surface area contributed by atoms with Crippen LogP contribution in [0, 0.1) is 0 Å². The number of benzene rings is 2. The first-order valence-corrected chi connectivity index (χ1v) is 10.3. The maximum Gasteiger partial charge on any atom is 0.335 e. The predicted octanol–water partition coefficient (Wildman–Crippen LogP) is 2.73. The molecule has 0 unspecified atom stereocenters. The number of aromatic nitrogens is 2. The van der Waals surface area contributed by atoms with Crippen molar-refractivity contribution in [3.63, 3.8) is 0 Å². The number of carbonyl (C=O) groups is 1. The highest BCUT2D eigenvalue weighted by Crippen LogP contribution is 2.29. The maximum absolute atomic E-state index is 12.8. The number of aromatic carboxylic acids is 1. The first kappa shape index (κ1) is 18.2. The summed E-state index contributed by atoms with van der Waals surface area (Å²) in [6, 6.07) is 12.3. The van der Waals surface area contributed by atoms with Crippen LogP contribution in [-0.4, -0.2) is 42.6 Å². The fraction of sp³-hybridized carbons (Fsp3) is 0.211. The van der Waals surface area contributed by atoms with Gasteiger partial charge in [0.15, 0.2) is 11.6 Å². The van der Waals surface area contributed by atoms with Crippen molar-refractivity contribution in [3.8, 4) is 0 Å². The lowest BCUT2D eigenvalue weighted by atomic mass is 10.2. The number of carboxylic acid groups (broad SMARTS) is 1. The van der Waals surface area contributed by atoms with Crippen LogP contribution >= 0.6 is 0 Å². The predicted molar refractivity (Wildman–Crippen MR) is 105 cm³/mol. The minimum absolute atomic E-state index is 0.0159. The van der Waals surface area contributed by atoms with Gasteiger partial charge in [-0.3, -0.25) is 4.72 Å². The zero-order valence-corrected chi connectivity index (χ0v) is 15.7. The van der Waals surface area contributed by atoms with Gasteiger partial charge in [-0.1, -0.05) is 12.1 Å². The Morgan fingerprint density at radius 2 is 1.57 bits per heavy atom. The summed E-state index contributed by atoms with van der Waals surface area (Å²) < 4.78 is 28.2. The van der Waals surface area contributed by atoms with E-state index in [0.29, 0.717) is 16.9 Å². The highest BCUT2D eigenvalue weighted by Gasteiger charge is 2.23. The molecule has 0 saturated carbocycles. The van der Waals surface area contributed by atoms with E-state index < -0.39 is 16.0 Å². The molecule has 0 spiro atoms. The molecule has 0 amide bonds. The normalized spacial score (nSPS) is 14.4. The second kappa shape index (κ2) is 7.08. The van der Waals surface area contributed by atoms with Crippen LogP contribution in [-0.2, 0) is 10.0 Å². The Bertz CT molecular complexity index is 1140. The van der Waals surface area contributed by atoms with Gasteiger partial charge < -0.3 is 10.0 Å². The molecule has 4 rings (SSSR count). The summed E-state index contributed by atoms with van der Waals surface area (Å²) in [4.78, 5) is 22.1. The summed E-state index contributed by atoms with van der Waals surface area (Å²) in [6.45, 7) is 1.57. The molecule has 0 radical (unpaired) electrons. The first-order chi connectivity index (χ1) is 13.4. The van der Waals surface area contributed by atoms with E-state index in [1.807, 2.05) is 23.1 Å². The topological polar surface area (TPSA) is 112 Å². The number of nitrogens with zero attached hydrogens (tertiary/aromatic N) is 3. The van der Waals surface area contributed by atoms with Gasteiger partial charge in [-0.05, 0) is 49.2 Å². The third kappa shape index (κ3) is 3.48. The molecule has 28 heavy (non-hydrogen) atoms. The average molecular weight is 398 g/mol. The van der Waals surface area contributed by atoms with Crippen molar-refractivity contribution in [2.24, 2.45) is 0 Å². The Morgan fingerprint density at radius 1 is 0.964 bits per heavy atom. The Kier molecular flexibility index (Phi) is 4.60. The molecule has 9 heteroatoms. The van der Waals surface area contributed by atoms with E-state index in [1.165, 1.54) is 24.3 Å². The quantitative estimate of drug-likeness (QED) is 0.679. The minimum atomic E-state index is -3.95. The second-order valence-corrected chi connectivity index (χ2v) is 8.20. The smallest absolute Gasteiger partial charge is 0.335 e. The molecule has 1 aromatic heterocycles. The van der Waals surface area contributed by atoms with Gasteiger partial charge in [0.1, 0.15) is 0 Å². The van der Waals surface area contributed by atoms with E-state index in [2.05, 4.69) is 14.7 Å². The molecule has 2 N–H and O–H groups in total. The van der Waals surface area contributed by atoms with E-state index in [4.69, 9.17) is 5.11 Å². The van der Waals surface area contributed by atoms with Crippen LogP contribution in [0.2, 0.25) is 0 Å². The maximum atomic E-state index is 12.8. The summed E-state index contributed by atoms with van der Waals surface area (Å²) in [6.07, 6.45) is 2.02. The number of para-hydroxylation sites is 2. The van der Waals surface area contributed by atoms with Gasteiger partial charge in [0.2, 0.25) is 0 Å². The molecule has 2 heterocycles. The third-order valence-electron chi connectivity index (χ3n) is 4.60. The van der Waals surface area contributed by atoms with Gasteiger partial charge in [-0.15, -0.1) is 0 Å². The van der Waals surface area contributed by atoms with Gasteiger partial charge in [0.05, 0.1) is 21.5 Å². The van der Waals surface area contributed by atoms with Crippen molar-refractivity contribution in [1.82, 2.24) is 9.97 Å². The zero-order valence-electron chi connectivity index (χ0n) is 14.9. The number of rotatable bonds is 5. The standard InChI is InChI=1S/C19H18N4O4S/c24-19(25)13-7-9-14(10-8-13)28(26,27)22-17-18(23-11-3-4-12-23)21-16-6-2-1-5-15(16)20-17/h1-2,5-10H,3-4,11-12H2,(H,20,22)(H,24,25). The van der Waals surface area contributed by atoms with E-state index in [-0.39, 0.29) is 16.3 Å². The number of carboxylic acids is 1. The lowest BCUT2D eigenvalue weighted by Crippen LogP contribution is -2.23. The summed E-state index contributed by atoms with van der Waals surface area (Å²) in [7, 11) is -3.95. The van der Waals surface area contributed by atoms with Crippen LogP contribution < -0.4 is 9.62 Å². The number of anilines is 2. The van der Waals surface area contributed by atoms with Crippen LogP contribution in [0.4, 0.5) is 11.6 Å². The van der Waals surface area contributed by atoms with Crippen molar-refractivity contribution >= 4 is 38.7 Å². The lowest BCUT2D eigenvalue weighted by molar-refractivity contribution is 0.0696. The largest absolute Gasteiger partial charge is 0.478 e. The van der Waals surface area contributed by atoms with E-state index >= 15 is 0 Å². The van der Waals surface area contributed by atoms with Crippen molar-refractivity contribution in [1.29, 1.82) is 0 Å². The average Bonchev–Trinajstić information content (AvgIpc) is 3.22. The molecule has 8 nitrogen and oxygen atoms in total. The summed E-state index contributed by atoms with van der Waals surface area (Å²) >= 11 is 0. The summed E-state index contributed by atoms with van der Waals surface area (Å²) in [5.41, 5.74) is 1.30. The van der Waals surface area contributed by atoms with Crippen LogP contribution in [0.3, 0.4) is 0 Å². The van der Waals surface area contributed by atoms with Gasteiger partial charge in [-0.2, -0.15) is 0 Å². The van der Waals surface area contributed by atoms with Crippen molar-refractivity contribution in [3.05, 3.63) is 54.1 Å². The van der Waals surface area contributed by atoms with Gasteiger partial charge in [0.25, 0.3) is 10.0 Å². The van der Waals surface area contributed by atoms with Gasteiger partial charge in [0, 0.05) is 13.1 Å². The first-order valence-electron chi connectivity index (χ1n) is 8.82. The molecular weight excluding hydrogens is 380 g/mol. The molecule has 0 bridgehead atoms. The Hall–Kier alpha value is -3.20. The molecule has 1 aliphatic rings. The molecule has 1 fully saturated rings. The number of hydrogen-bond donors (Lipinski definition) is 2. The third-order valence-corrected chi connectivity index (χ3v) is 5.96. The molecule has 3 aromatic rings. The number of sulfonamides is 1. The Labute approximate surface area is 161 Å². The van der Waals surface area contributed by atoms with E-state index in [0.717, 1.165) is 25.9 Å². The van der Waals surface area contributed by atoms with Gasteiger partial charge in [-0.25, -0.2) is 23.2 Å². The van der Waals surface area contributed by atoms with Crippen molar-refractivity contribution < 1.29 is 18.3 Å². The molecule has 0 aliphatic carbocycles. The van der Waals surface area contributed by atoms with E-state index in [1.54, 1.807) is 6.07 Å². The molecule has 1 saturated heterocycles. The number of fused-ring (bicyclic) bond motifs is 1. The summed E-state index contributed by atoms with van der Waals surface area (Å²) in [5.74, 6) is -0.446. The molecule has 1 aliphatic heterocycles. The fourth-order valence-electron chi connectivity index (χ4n) is 3.17. The van der Waals surface area contributed by atoms with Gasteiger partial charge >= 0.3 is 5.97 Å². The SMILES string of the molecule is O=C(O)c1ccc(S(=O)(=O)Nc2nc3ccccc3nc2N2CCCC2)cc1. The van der Waals surface area contributed by atoms with Crippen LogP contribution in [0.15, 0.2) is 53.4 Å². The molecule has 0 atom stereocenters. The van der Waals surface area contributed by atoms with E-state index in [9.17, 15) is 13.2 Å². The molecule has 144 valence electrons. The summed E-state index contributed by atoms with van der Waals surface area (Å²) in [5, 5.41) is 8.98. The monoisotopic (exact) mass is 398 g/mol. The van der Waals surface area contributed by atoms with Crippen LogP contribution in [0.25, 0.3) is 11.0 Å². The zero-order chi connectivity index (χ0) is 19.7. The Balaban J connectivity index is 1.74. The molecule has 2 aromatic carbocycles. The van der Waals surface area contributed by atoms with Crippen LogP contribution in [0.5, 0.6) is 0 Å². The van der Waals surface area contributed by atoms with Crippen LogP contribution in [0.1, 0.15) is 23.2 Å². The highest BCUT2D eigenvalue weighted by molar-refractivity contribution is 7.92. The fourth-order valence-corrected chi connectivity index (χ4v) is 4.18. The number of hydrogen-bond acceptors (Lipinski definition) is 6. The van der Waals surface area contributed by atoms with Crippen molar-refractivity contribution in [2.45, 2.75) is 17.7 Å².